The van der Waals surface area contributed by atoms with E-state index >= 15 is 0 Å². The second-order valence-corrected chi connectivity index (χ2v) is 6.53. The molecule has 1 aliphatic heterocycles. The predicted molar refractivity (Wildman–Crippen MR) is 83.3 cm³/mol. The molecule has 2 heterocycles. The van der Waals surface area contributed by atoms with Crippen molar-refractivity contribution in [3.05, 3.63) is 47.6 Å². The molecule has 5 nitrogen and oxygen atoms in total. The van der Waals surface area contributed by atoms with Gasteiger partial charge in [-0.05, 0) is 30.9 Å². The molecule has 2 aromatic rings. The van der Waals surface area contributed by atoms with E-state index in [9.17, 15) is 0 Å². The van der Waals surface area contributed by atoms with Gasteiger partial charge in [-0.1, -0.05) is 35.5 Å². The third-order valence-corrected chi connectivity index (χ3v) is 4.83. The van der Waals surface area contributed by atoms with Crippen molar-refractivity contribution in [2.75, 3.05) is 19.6 Å². The van der Waals surface area contributed by atoms with Gasteiger partial charge in [0, 0.05) is 24.9 Å². The zero-order chi connectivity index (χ0) is 14.9. The van der Waals surface area contributed by atoms with Crippen LogP contribution in [-0.2, 0) is 6.54 Å². The minimum absolute atomic E-state index is 0.494. The summed E-state index contributed by atoms with van der Waals surface area (Å²) in [4.78, 5) is 6.92. The first-order chi connectivity index (χ1) is 10.8. The number of benzene rings is 1. The molecule has 5 heteroatoms. The highest BCUT2D eigenvalue weighted by Gasteiger charge is 2.34. The van der Waals surface area contributed by atoms with E-state index in [1.54, 1.807) is 0 Å². The fourth-order valence-corrected chi connectivity index (χ4v) is 3.44. The maximum absolute atomic E-state index is 5.99. The van der Waals surface area contributed by atoms with Crippen molar-refractivity contribution < 1.29 is 4.52 Å². The van der Waals surface area contributed by atoms with Crippen LogP contribution in [0.3, 0.4) is 0 Å². The topological polar surface area (TPSA) is 68.2 Å². The zero-order valence-corrected chi connectivity index (χ0v) is 12.7. The number of nitrogens with zero attached hydrogens (tertiary/aromatic N) is 3. The first-order valence-electron chi connectivity index (χ1n) is 8.13. The molecule has 116 valence electrons. The Morgan fingerprint density at radius 2 is 2.00 bits per heavy atom. The van der Waals surface area contributed by atoms with Gasteiger partial charge < -0.3 is 10.3 Å². The van der Waals surface area contributed by atoms with Crippen molar-refractivity contribution in [3.8, 4) is 0 Å². The summed E-state index contributed by atoms with van der Waals surface area (Å²) in [6.07, 6.45) is 2.40. The van der Waals surface area contributed by atoms with Crippen LogP contribution in [0.2, 0.25) is 0 Å². The summed E-state index contributed by atoms with van der Waals surface area (Å²) >= 11 is 0. The lowest BCUT2D eigenvalue weighted by Gasteiger charge is -2.16. The molecule has 1 aromatic heterocycles. The molecule has 2 aliphatic rings. The maximum Gasteiger partial charge on any atom is 0.240 e. The number of rotatable bonds is 5. The molecule has 0 radical (unpaired) electrons. The van der Waals surface area contributed by atoms with E-state index in [-0.39, 0.29) is 0 Å². The molecule has 1 saturated carbocycles. The Kier molecular flexibility index (Phi) is 3.68. The molecule has 0 spiro atoms. The summed E-state index contributed by atoms with van der Waals surface area (Å²) in [6.45, 7) is 3.46. The lowest BCUT2D eigenvalue weighted by atomic mass is 9.89. The van der Waals surface area contributed by atoms with Crippen LogP contribution >= 0.6 is 0 Å². The molecule has 2 fully saturated rings. The second-order valence-electron chi connectivity index (χ2n) is 6.53. The molecular weight excluding hydrogens is 276 g/mol. The lowest BCUT2D eigenvalue weighted by molar-refractivity contribution is 0.259. The minimum Gasteiger partial charge on any atom is -0.338 e. The molecule has 2 atom stereocenters. The van der Waals surface area contributed by atoms with Gasteiger partial charge in [-0.25, -0.2) is 0 Å². The third-order valence-electron chi connectivity index (χ3n) is 4.83. The van der Waals surface area contributed by atoms with E-state index in [2.05, 4.69) is 45.4 Å². The van der Waals surface area contributed by atoms with Crippen molar-refractivity contribution in [2.24, 2.45) is 11.7 Å². The first-order valence-corrected chi connectivity index (χ1v) is 8.13. The Balaban J connectivity index is 1.44. The number of hydrogen-bond acceptors (Lipinski definition) is 5. The van der Waals surface area contributed by atoms with Gasteiger partial charge in [-0.3, -0.25) is 4.90 Å². The van der Waals surface area contributed by atoms with Crippen molar-refractivity contribution in [1.29, 1.82) is 0 Å². The number of nitrogens with two attached hydrogens (primary N) is 1. The van der Waals surface area contributed by atoms with E-state index < -0.39 is 0 Å². The van der Waals surface area contributed by atoms with Gasteiger partial charge in [-0.2, -0.15) is 4.98 Å². The highest BCUT2D eigenvalue weighted by molar-refractivity contribution is 5.22. The van der Waals surface area contributed by atoms with Gasteiger partial charge in [0.05, 0.1) is 6.54 Å². The Bertz CT molecular complexity index is 623. The van der Waals surface area contributed by atoms with Gasteiger partial charge in [0.2, 0.25) is 5.89 Å². The Morgan fingerprint density at radius 1 is 1.18 bits per heavy atom. The van der Waals surface area contributed by atoms with Gasteiger partial charge >= 0.3 is 0 Å². The average molecular weight is 298 g/mol. The summed E-state index contributed by atoms with van der Waals surface area (Å²) in [6, 6.07) is 10.7. The van der Waals surface area contributed by atoms with Gasteiger partial charge in [0.1, 0.15) is 0 Å². The molecule has 2 N–H and O–H groups in total. The lowest BCUT2D eigenvalue weighted by Crippen LogP contribution is -2.23. The molecule has 1 saturated heterocycles. The van der Waals surface area contributed by atoms with Crippen LogP contribution in [-0.4, -0.2) is 34.7 Å². The summed E-state index contributed by atoms with van der Waals surface area (Å²) in [7, 11) is 0. The van der Waals surface area contributed by atoms with Crippen molar-refractivity contribution in [1.82, 2.24) is 15.0 Å². The number of aromatic nitrogens is 2. The molecule has 0 bridgehead atoms. The molecule has 0 unspecified atom stereocenters. The van der Waals surface area contributed by atoms with E-state index in [4.69, 9.17) is 10.3 Å². The normalized spacial score (nSPS) is 25.7. The van der Waals surface area contributed by atoms with E-state index in [0.29, 0.717) is 24.3 Å². The standard InChI is InChI=1S/C17H22N4O/c18-8-14-9-21(10-15(14)12-4-2-1-3-5-12)11-16-19-17(20-22-16)13-6-7-13/h1-5,13-15H,6-11,18H2/t14-,15+/m1/s1. The molecule has 1 aliphatic carbocycles. The Hall–Kier alpha value is -1.72. The molecule has 1 aromatic carbocycles. The van der Waals surface area contributed by atoms with Crippen molar-refractivity contribution in [2.45, 2.75) is 31.2 Å². The highest BCUT2D eigenvalue weighted by Crippen LogP contribution is 2.38. The summed E-state index contributed by atoms with van der Waals surface area (Å²) in [5.74, 6) is 3.17. The van der Waals surface area contributed by atoms with Crippen molar-refractivity contribution >= 4 is 0 Å². The maximum atomic E-state index is 5.99. The Morgan fingerprint density at radius 3 is 2.73 bits per heavy atom. The predicted octanol–water partition coefficient (Wildman–Crippen LogP) is 2.12. The molecule has 22 heavy (non-hydrogen) atoms. The van der Waals surface area contributed by atoms with Crippen LogP contribution in [0, 0.1) is 5.92 Å². The van der Waals surface area contributed by atoms with Gasteiger partial charge in [0.25, 0.3) is 0 Å². The van der Waals surface area contributed by atoms with Crippen LogP contribution in [0.5, 0.6) is 0 Å². The quantitative estimate of drug-likeness (QED) is 0.915. The second kappa shape index (κ2) is 5.82. The fourth-order valence-electron chi connectivity index (χ4n) is 3.44. The number of likely N-dealkylation sites (tertiary alicyclic amines) is 1. The molecule has 4 rings (SSSR count). The monoisotopic (exact) mass is 298 g/mol. The summed E-state index contributed by atoms with van der Waals surface area (Å²) in [5.41, 5.74) is 7.37. The van der Waals surface area contributed by atoms with Crippen molar-refractivity contribution in [3.63, 3.8) is 0 Å². The first kappa shape index (κ1) is 13.9. The molecule has 0 amide bonds. The SMILES string of the molecule is NC[C@@H]1CN(Cc2nc(C3CC3)no2)C[C@H]1c1ccccc1. The van der Waals surface area contributed by atoms with E-state index in [1.807, 2.05) is 0 Å². The van der Waals surface area contributed by atoms with Crippen LogP contribution in [0.4, 0.5) is 0 Å². The smallest absolute Gasteiger partial charge is 0.240 e. The van der Waals surface area contributed by atoms with Gasteiger partial charge in [0.15, 0.2) is 5.82 Å². The molecular formula is C17H22N4O. The van der Waals surface area contributed by atoms with Crippen LogP contribution in [0.1, 0.15) is 42.0 Å². The highest BCUT2D eigenvalue weighted by atomic mass is 16.5. The van der Waals surface area contributed by atoms with Crippen LogP contribution < -0.4 is 5.73 Å². The Labute approximate surface area is 130 Å². The third kappa shape index (κ3) is 2.78. The fraction of sp³-hybridized carbons (Fsp3) is 0.529. The minimum atomic E-state index is 0.494. The number of hydrogen-bond donors (Lipinski definition) is 1. The van der Waals surface area contributed by atoms with Gasteiger partial charge in [-0.15, -0.1) is 0 Å². The zero-order valence-electron chi connectivity index (χ0n) is 12.7. The summed E-state index contributed by atoms with van der Waals surface area (Å²) in [5, 5.41) is 4.10. The van der Waals surface area contributed by atoms with E-state index in [1.165, 1.54) is 18.4 Å². The van der Waals surface area contributed by atoms with Crippen LogP contribution in [0.25, 0.3) is 0 Å². The summed E-state index contributed by atoms with van der Waals surface area (Å²) < 4.78 is 5.40. The average Bonchev–Trinajstić information content (AvgIpc) is 3.17. The largest absolute Gasteiger partial charge is 0.338 e. The van der Waals surface area contributed by atoms with E-state index in [0.717, 1.165) is 31.3 Å². The van der Waals surface area contributed by atoms with Crippen LogP contribution in [0.15, 0.2) is 34.9 Å².